The maximum absolute atomic E-state index is 12.4. The van der Waals surface area contributed by atoms with Crippen molar-refractivity contribution in [1.29, 1.82) is 0 Å². The van der Waals surface area contributed by atoms with Crippen LogP contribution in [0.4, 0.5) is 13.2 Å². The largest absolute Gasteiger partial charge is 0.416 e. The molecule has 0 aliphatic rings. The number of aromatic amines is 1. The first-order valence-electron chi connectivity index (χ1n) is 5.04. The lowest BCUT2D eigenvalue weighted by Gasteiger charge is -2.06. The van der Waals surface area contributed by atoms with Crippen molar-refractivity contribution >= 4 is 5.65 Å². The molecule has 0 saturated heterocycles. The minimum absolute atomic E-state index is 0.552. The predicted octanol–water partition coefficient (Wildman–Crippen LogP) is 2.54. The molecule has 0 saturated carbocycles. The number of rotatable bonds is 1. The third-order valence-electron chi connectivity index (χ3n) is 2.53. The van der Waals surface area contributed by atoms with Crippen LogP contribution in [-0.4, -0.2) is 19.8 Å². The first-order chi connectivity index (χ1) is 8.54. The maximum atomic E-state index is 12.4. The average molecular weight is 251 g/mol. The lowest BCUT2D eigenvalue weighted by Crippen LogP contribution is -2.04. The van der Waals surface area contributed by atoms with E-state index in [2.05, 4.69) is 21.5 Å². The number of H-pyrrole nitrogens is 1. The van der Waals surface area contributed by atoms with Gasteiger partial charge in [0.05, 0.1) is 11.3 Å². The number of nitrogens with one attached hydrogen (secondary N) is 1. The van der Waals surface area contributed by atoms with Gasteiger partial charge < -0.3 is 4.98 Å². The summed E-state index contributed by atoms with van der Waals surface area (Å²) in [7, 11) is 0. The van der Waals surface area contributed by atoms with Gasteiger partial charge in [-0.1, -0.05) is 12.1 Å². The van der Waals surface area contributed by atoms with E-state index in [0.717, 1.165) is 12.1 Å². The Morgan fingerprint density at radius 2 is 1.89 bits per heavy atom. The van der Waals surface area contributed by atoms with Crippen LogP contribution in [-0.2, 0) is 6.18 Å². The van der Waals surface area contributed by atoms with Gasteiger partial charge in [-0.15, -0.1) is 14.8 Å². The van der Waals surface area contributed by atoms with Crippen molar-refractivity contribution in [1.82, 2.24) is 19.8 Å². The third kappa shape index (κ3) is 1.73. The summed E-state index contributed by atoms with van der Waals surface area (Å²) in [4.78, 5) is 2.73. The molecule has 0 atom stereocenters. The minimum Gasteiger partial charge on any atom is -0.319 e. The predicted molar refractivity (Wildman–Crippen MR) is 56.6 cm³/mol. The standard InChI is InChI=1S/C11H6F3N4/c12-11(13,14)8-3-1-7(2-4-8)9-5-10-15-6-16-18(10)17-9/h1-5H,(H,15,16). The molecule has 1 aromatic carbocycles. The second-order valence-corrected chi connectivity index (χ2v) is 3.72. The Kier molecular flexibility index (Phi) is 2.16. The molecule has 0 fully saturated rings. The number of alkyl halides is 3. The molecule has 0 bridgehead atoms. The Bertz CT molecular complexity index is 650. The molecule has 0 aliphatic heterocycles. The molecule has 2 heterocycles. The molecule has 1 radical (unpaired) electrons. The first kappa shape index (κ1) is 10.8. The number of halogens is 3. The van der Waals surface area contributed by atoms with E-state index in [1.165, 1.54) is 16.8 Å². The number of nitrogens with zero attached hydrogens (tertiary/aromatic N) is 3. The Labute approximate surface area is 99.1 Å². The van der Waals surface area contributed by atoms with Crippen LogP contribution >= 0.6 is 0 Å². The summed E-state index contributed by atoms with van der Waals surface area (Å²) < 4.78 is 38.5. The molecule has 0 aliphatic carbocycles. The van der Waals surface area contributed by atoms with Gasteiger partial charge in [0.15, 0.2) is 12.0 Å². The molecule has 91 valence electrons. The average Bonchev–Trinajstić information content (AvgIpc) is 2.88. The monoisotopic (exact) mass is 251 g/mol. The van der Waals surface area contributed by atoms with Crippen LogP contribution in [0.1, 0.15) is 5.56 Å². The molecule has 7 heteroatoms. The van der Waals surface area contributed by atoms with Crippen LogP contribution in [0.3, 0.4) is 0 Å². The van der Waals surface area contributed by atoms with Crippen molar-refractivity contribution in [3.63, 3.8) is 0 Å². The molecule has 3 aromatic rings. The van der Waals surface area contributed by atoms with Crippen molar-refractivity contribution < 1.29 is 13.2 Å². The summed E-state index contributed by atoms with van der Waals surface area (Å²) in [5, 5.41) is 7.86. The van der Waals surface area contributed by atoms with Crippen LogP contribution in [0.25, 0.3) is 16.9 Å². The number of hydrogen-bond donors (Lipinski definition) is 1. The number of benzene rings is 1. The highest BCUT2D eigenvalue weighted by atomic mass is 19.4. The summed E-state index contributed by atoms with van der Waals surface area (Å²) in [6.07, 6.45) is -1.82. The van der Waals surface area contributed by atoms with Gasteiger partial charge in [-0.2, -0.15) is 13.2 Å². The molecule has 4 nitrogen and oxygen atoms in total. The van der Waals surface area contributed by atoms with Crippen LogP contribution < -0.4 is 0 Å². The van der Waals surface area contributed by atoms with Gasteiger partial charge in [0.2, 0.25) is 0 Å². The van der Waals surface area contributed by atoms with E-state index in [9.17, 15) is 13.2 Å². The fraction of sp³-hybridized carbons (Fsp3) is 0.0909. The number of aromatic nitrogens is 4. The second-order valence-electron chi connectivity index (χ2n) is 3.72. The zero-order valence-corrected chi connectivity index (χ0v) is 8.86. The fourth-order valence-electron chi connectivity index (χ4n) is 1.64. The van der Waals surface area contributed by atoms with E-state index in [1.54, 1.807) is 6.07 Å². The highest BCUT2D eigenvalue weighted by Crippen LogP contribution is 2.30. The maximum Gasteiger partial charge on any atom is 0.416 e. The quantitative estimate of drug-likeness (QED) is 0.722. The van der Waals surface area contributed by atoms with Crippen LogP contribution in [0, 0.1) is 6.33 Å². The van der Waals surface area contributed by atoms with Gasteiger partial charge in [0.1, 0.15) is 0 Å². The normalized spacial score (nSPS) is 12.2. The van der Waals surface area contributed by atoms with Crippen molar-refractivity contribution in [3.8, 4) is 11.3 Å². The SMILES string of the molecule is FC(F)(F)c1ccc(-c2cc3[nH][c]nn3n2)cc1. The third-order valence-corrected chi connectivity index (χ3v) is 2.53. The molecular formula is C11H6F3N4. The minimum atomic E-state index is -4.32. The Balaban J connectivity index is 2.00. The first-order valence-corrected chi connectivity index (χ1v) is 5.04. The molecule has 2 aromatic heterocycles. The zero-order valence-electron chi connectivity index (χ0n) is 8.86. The highest BCUT2D eigenvalue weighted by molar-refractivity contribution is 5.63. The number of hydrogen-bond acceptors (Lipinski definition) is 2. The summed E-state index contributed by atoms with van der Waals surface area (Å²) in [5.41, 5.74) is 1.10. The summed E-state index contributed by atoms with van der Waals surface area (Å²) in [5.74, 6) is 0. The van der Waals surface area contributed by atoms with Crippen LogP contribution in [0.5, 0.6) is 0 Å². The lowest BCUT2D eigenvalue weighted by molar-refractivity contribution is -0.137. The topological polar surface area (TPSA) is 46.0 Å². The smallest absolute Gasteiger partial charge is 0.319 e. The van der Waals surface area contributed by atoms with Crippen molar-refractivity contribution in [3.05, 3.63) is 42.2 Å². The molecular weight excluding hydrogens is 245 g/mol. The van der Waals surface area contributed by atoms with E-state index in [-0.39, 0.29) is 0 Å². The van der Waals surface area contributed by atoms with Crippen LogP contribution in [0.15, 0.2) is 30.3 Å². The number of fused-ring (bicyclic) bond motifs is 1. The van der Waals surface area contributed by atoms with Crippen LogP contribution in [0.2, 0.25) is 0 Å². The van der Waals surface area contributed by atoms with Gasteiger partial charge >= 0.3 is 6.18 Å². The van der Waals surface area contributed by atoms with Crippen molar-refractivity contribution in [2.45, 2.75) is 6.18 Å². The fourth-order valence-corrected chi connectivity index (χ4v) is 1.64. The summed E-state index contributed by atoms with van der Waals surface area (Å²) in [6.45, 7) is 0. The molecule has 0 unspecified atom stereocenters. The highest BCUT2D eigenvalue weighted by Gasteiger charge is 2.30. The van der Waals surface area contributed by atoms with Gasteiger partial charge in [0.25, 0.3) is 0 Å². The Hall–Kier alpha value is -2.31. The zero-order chi connectivity index (χ0) is 12.8. The summed E-state index contributed by atoms with van der Waals surface area (Å²) in [6, 6.07) is 6.51. The van der Waals surface area contributed by atoms with E-state index in [0.29, 0.717) is 16.9 Å². The molecule has 0 amide bonds. The summed E-state index contributed by atoms with van der Waals surface area (Å²) >= 11 is 0. The van der Waals surface area contributed by atoms with Crippen molar-refractivity contribution in [2.75, 3.05) is 0 Å². The van der Waals surface area contributed by atoms with Gasteiger partial charge in [-0.3, -0.25) is 0 Å². The van der Waals surface area contributed by atoms with E-state index >= 15 is 0 Å². The Morgan fingerprint density at radius 1 is 1.17 bits per heavy atom. The van der Waals surface area contributed by atoms with E-state index < -0.39 is 11.7 Å². The van der Waals surface area contributed by atoms with Gasteiger partial charge in [-0.05, 0) is 12.1 Å². The van der Waals surface area contributed by atoms with Crippen molar-refractivity contribution in [2.24, 2.45) is 0 Å². The molecule has 3 rings (SSSR count). The molecule has 18 heavy (non-hydrogen) atoms. The second kappa shape index (κ2) is 3.59. The van der Waals surface area contributed by atoms with E-state index in [1.807, 2.05) is 0 Å². The van der Waals surface area contributed by atoms with E-state index in [4.69, 9.17) is 0 Å². The Morgan fingerprint density at radius 3 is 2.50 bits per heavy atom. The van der Waals surface area contributed by atoms with Gasteiger partial charge in [0, 0.05) is 11.6 Å². The molecule has 1 N–H and O–H groups in total. The van der Waals surface area contributed by atoms with Gasteiger partial charge in [-0.25, -0.2) is 0 Å². The molecule has 0 spiro atoms. The lowest BCUT2D eigenvalue weighted by atomic mass is 10.1.